The van der Waals surface area contributed by atoms with Crippen LogP contribution < -0.4 is 5.32 Å². The molecule has 54 valence electrons. The topological polar surface area (TPSA) is 12.0 Å². The van der Waals surface area contributed by atoms with Crippen molar-refractivity contribution in [3.8, 4) is 0 Å². The summed E-state index contributed by atoms with van der Waals surface area (Å²) in [6.45, 7) is 1.18. The molecule has 1 saturated heterocycles. The molecule has 0 aliphatic carbocycles. The summed E-state index contributed by atoms with van der Waals surface area (Å²) in [7, 11) is 0. The van der Waals surface area contributed by atoms with Crippen LogP contribution in [0, 0.1) is 0 Å². The van der Waals surface area contributed by atoms with Gasteiger partial charge in [0.1, 0.15) is 0 Å². The van der Waals surface area contributed by atoms with Crippen molar-refractivity contribution in [3.63, 3.8) is 0 Å². The lowest BCUT2D eigenvalue weighted by Crippen LogP contribution is -2.34. The number of rotatable bonds is 1. The van der Waals surface area contributed by atoms with Crippen molar-refractivity contribution in [1.82, 2.24) is 5.32 Å². The van der Waals surface area contributed by atoms with E-state index in [0.717, 1.165) is 0 Å². The lowest BCUT2D eigenvalue weighted by atomic mass is 10.1. The van der Waals surface area contributed by atoms with Gasteiger partial charge in [0.15, 0.2) is 0 Å². The molecule has 1 aromatic rings. The van der Waals surface area contributed by atoms with Gasteiger partial charge >= 0.3 is 0 Å². The third-order valence-electron chi connectivity index (χ3n) is 1.76. The van der Waals surface area contributed by atoms with E-state index in [2.05, 4.69) is 33.4 Å². The normalized spacial score (nSPS) is 24.3. The highest BCUT2D eigenvalue weighted by atomic mass is 79.9. The first-order chi connectivity index (χ1) is 4.86. The van der Waals surface area contributed by atoms with Gasteiger partial charge in [-0.25, -0.2) is 0 Å². The summed E-state index contributed by atoms with van der Waals surface area (Å²) in [6, 6.07) is 4.95. The van der Waals surface area contributed by atoms with Gasteiger partial charge < -0.3 is 5.32 Å². The second-order valence-electron chi connectivity index (χ2n) is 2.44. The van der Waals surface area contributed by atoms with Crippen molar-refractivity contribution in [2.24, 2.45) is 0 Å². The molecule has 0 radical (unpaired) electrons. The van der Waals surface area contributed by atoms with Crippen LogP contribution in [-0.2, 0) is 0 Å². The van der Waals surface area contributed by atoms with Crippen molar-refractivity contribution in [1.29, 1.82) is 0 Å². The quantitative estimate of drug-likeness (QED) is 0.763. The molecule has 0 unspecified atom stereocenters. The zero-order chi connectivity index (χ0) is 6.97. The average Bonchev–Trinajstić information content (AvgIpc) is 2.10. The maximum atomic E-state index is 3.44. The lowest BCUT2D eigenvalue weighted by Gasteiger charge is -2.26. The van der Waals surface area contributed by atoms with Gasteiger partial charge in [0.2, 0.25) is 0 Å². The number of thiophene rings is 1. The van der Waals surface area contributed by atoms with Crippen molar-refractivity contribution in [3.05, 3.63) is 20.8 Å². The Hall–Kier alpha value is 0.140. The molecule has 2 heterocycles. The number of hydrogen-bond acceptors (Lipinski definition) is 2. The zero-order valence-electron chi connectivity index (χ0n) is 5.43. The van der Waals surface area contributed by atoms with E-state index in [0.29, 0.717) is 6.04 Å². The van der Waals surface area contributed by atoms with Gasteiger partial charge in [-0.3, -0.25) is 0 Å². The molecule has 1 N–H and O–H groups in total. The molecule has 1 aliphatic rings. The van der Waals surface area contributed by atoms with Gasteiger partial charge in [0.25, 0.3) is 0 Å². The van der Waals surface area contributed by atoms with E-state index in [9.17, 15) is 0 Å². The van der Waals surface area contributed by atoms with Crippen LogP contribution in [0.1, 0.15) is 17.3 Å². The Kier molecular flexibility index (Phi) is 1.80. The Morgan fingerprint density at radius 1 is 1.60 bits per heavy atom. The van der Waals surface area contributed by atoms with Crippen LogP contribution in [0.5, 0.6) is 0 Å². The van der Waals surface area contributed by atoms with E-state index in [1.54, 1.807) is 0 Å². The van der Waals surface area contributed by atoms with Crippen LogP contribution in [0.2, 0.25) is 0 Å². The summed E-state index contributed by atoms with van der Waals surface area (Å²) >= 11 is 5.27. The van der Waals surface area contributed by atoms with Gasteiger partial charge in [0.05, 0.1) is 3.79 Å². The Labute approximate surface area is 72.6 Å². The molecule has 1 atom stereocenters. The Bertz CT molecular complexity index is 229. The van der Waals surface area contributed by atoms with Crippen molar-refractivity contribution in [2.45, 2.75) is 12.5 Å². The predicted octanol–water partition coefficient (Wildman–Crippen LogP) is 2.54. The first-order valence-electron chi connectivity index (χ1n) is 3.35. The molecular weight excluding hydrogens is 210 g/mol. The second kappa shape index (κ2) is 2.64. The summed E-state index contributed by atoms with van der Waals surface area (Å²) in [5, 5.41) is 3.36. The summed E-state index contributed by atoms with van der Waals surface area (Å²) in [5.41, 5.74) is 0. The Balaban J connectivity index is 2.17. The summed E-state index contributed by atoms with van der Waals surface area (Å²) in [4.78, 5) is 1.46. The van der Waals surface area contributed by atoms with Crippen molar-refractivity contribution < 1.29 is 0 Å². The van der Waals surface area contributed by atoms with Crippen LogP contribution in [0.15, 0.2) is 15.9 Å². The second-order valence-corrected chi connectivity index (χ2v) is 4.93. The minimum absolute atomic E-state index is 0.649. The summed E-state index contributed by atoms with van der Waals surface area (Å²) in [6.07, 6.45) is 1.30. The fraction of sp³-hybridized carbons (Fsp3) is 0.429. The molecule has 0 spiro atoms. The Morgan fingerprint density at radius 2 is 2.40 bits per heavy atom. The zero-order valence-corrected chi connectivity index (χ0v) is 7.83. The van der Waals surface area contributed by atoms with E-state index >= 15 is 0 Å². The van der Waals surface area contributed by atoms with E-state index in [1.807, 2.05) is 11.3 Å². The van der Waals surface area contributed by atoms with Crippen LogP contribution in [0.25, 0.3) is 0 Å². The predicted molar refractivity (Wildman–Crippen MR) is 47.4 cm³/mol. The van der Waals surface area contributed by atoms with Crippen molar-refractivity contribution >= 4 is 27.3 Å². The molecule has 3 heteroatoms. The molecule has 1 aliphatic heterocycles. The van der Waals surface area contributed by atoms with Gasteiger partial charge in [-0.1, -0.05) is 0 Å². The minimum atomic E-state index is 0.649. The van der Waals surface area contributed by atoms with Crippen molar-refractivity contribution in [2.75, 3.05) is 6.54 Å². The molecule has 1 fully saturated rings. The van der Waals surface area contributed by atoms with Gasteiger partial charge in [-0.05, 0) is 41.0 Å². The molecule has 2 rings (SSSR count). The molecule has 1 nitrogen and oxygen atoms in total. The molecule has 0 amide bonds. The van der Waals surface area contributed by atoms with Crippen LogP contribution >= 0.6 is 27.3 Å². The van der Waals surface area contributed by atoms with E-state index < -0.39 is 0 Å². The van der Waals surface area contributed by atoms with E-state index in [1.165, 1.54) is 21.6 Å². The molecule has 0 aromatic carbocycles. The maximum Gasteiger partial charge on any atom is 0.0701 e. The monoisotopic (exact) mass is 217 g/mol. The SMILES string of the molecule is Brc1ccc([C@H]2CCN2)s1. The van der Waals surface area contributed by atoms with Crippen LogP contribution in [0.3, 0.4) is 0 Å². The standard InChI is InChI=1S/C7H8BrNS/c8-7-2-1-6(10-7)5-3-4-9-5/h1-2,5,9H,3-4H2/t5-/m1/s1. The molecule has 0 bridgehead atoms. The largest absolute Gasteiger partial charge is 0.309 e. The third-order valence-corrected chi connectivity index (χ3v) is 3.50. The molecule has 10 heavy (non-hydrogen) atoms. The van der Waals surface area contributed by atoms with E-state index in [4.69, 9.17) is 0 Å². The number of halogens is 1. The first-order valence-corrected chi connectivity index (χ1v) is 4.96. The maximum absolute atomic E-state index is 3.44. The first kappa shape index (κ1) is 6.83. The van der Waals surface area contributed by atoms with Gasteiger partial charge in [-0.15, -0.1) is 11.3 Å². The number of hydrogen-bond donors (Lipinski definition) is 1. The molecule has 1 aromatic heterocycles. The minimum Gasteiger partial charge on any atom is -0.309 e. The highest BCUT2D eigenvalue weighted by molar-refractivity contribution is 9.11. The average molecular weight is 218 g/mol. The van der Waals surface area contributed by atoms with Gasteiger partial charge in [0, 0.05) is 10.9 Å². The van der Waals surface area contributed by atoms with Crippen LogP contribution in [-0.4, -0.2) is 6.54 Å². The highest BCUT2D eigenvalue weighted by Gasteiger charge is 2.19. The van der Waals surface area contributed by atoms with E-state index in [-0.39, 0.29) is 0 Å². The van der Waals surface area contributed by atoms with Crippen LogP contribution in [0.4, 0.5) is 0 Å². The smallest absolute Gasteiger partial charge is 0.0701 e. The molecular formula is C7H8BrNS. The highest BCUT2D eigenvalue weighted by Crippen LogP contribution is 2.31. The Morgan fingerprint density at radius 3 is 2.80 bits per heavy atom. The fourth-order valence-corrected chi connectivity index (χ4v) is 2.58. The fourth-order valence-electron chi connectivity index (χ4n) is 1.05. The third kappa shape index (κ3) is 1.13. The summed E-state index contributed by atoms with van der Waals surface area (Å²) in [5.74, 6) is 0. The van der Waals surface area contributed by atoms with Gasteiger partial charge in [-0.2, -0.15) is 0 Å². The lowest BCUT2D eigenvalue weighted by molar-refractivity contribution is 0.389. The molecule has 0 saturated carbocycles. The summed E-state index contributed by atoms with van der Waals surface area (Å²) < 4.78 is 1.23. The number of nitrogens with one attached hydrogen (secondary N) is 1.